The molecule has 0 amide bonds. The molecular weight excluding hydrogens is 468 g/mol. The molecule has 13 nitrogen and oxygen atoms in total. The van der Waals surface area contributed by atoms with Crippen molar-refractivity contribution in [3.8, 4) is 23.8 Å². The van der Waals surface area contributed by atoms with Crippen LogP contribution in [0.1, 0.15) is 39.0 Å². The highest BCUT2D eigenvalue weighted by Gasteiger charge is 2.30. The molecule has 0 radical (unpaired) electrons. The van der Waals surface area contributed by atoms with Crippen molar-refractivity contribution < 1.29 is 23.4 Å². The van der Waals surface area contributed by atoms with Crippen molar-refractivity contribution in [2.24, 2.45) is 4.99 Å². The van der Waals surface area contributed by atoms with Crippen LogP contribution >= 0.6 is 0 Å². The Bertz CT molecular complexity index is 1450. The standard InChI is InChI=1S/C23H20N8O5/c1-33-16-7-11(3-5-14(16)35-9-12-4-6-15(36-12)22(32)34-2)19-17-18(26)13(8-24)20(27)30-21(17)31-23(29-19)28-10-25/h3-7,19H,9H2,1-2H3,(H6,26,27,28,29,30,31). The van der Waals surface area contributed by atoms with Crippen molar-refractivity contribution in [1.82, 2.24) is 10.3 Å². The molecule has 1 aliphatic rings. The highest BCUT2D eigenvalue weighted by molar-refractivity contribution is 5.98. The summed E-state index contributed by atoms with van der Waals surface area (Å²) < 4.78 is 21.4. The fourth-order valence-corrected chi connectivity index (χ4v) is 3.61. The number of nitrogen functional groups attached to an aromatic ring is 2. The number of ether oxygens (including phenoxy) is 3. The summed E-state index contributed by atoms with van der Waals surface area (Å²) in [6.45, 7) is 0.0267. The van der Waals surface area contributed by atoms with E-state index in [2.05, 4.69) is 25.3 Å². The number of benzene rings is 1. The van der Waals surface area contributed by atoms with Crippen LogP contribution in [0.25, 0.3) is 0 Å². The topological polar surface area (TPSA) is 207 Å². The van der Waals surface area contributed by atoms with E-state index < -0.39 is 12.0 Å². The third-order valence-corrected chi connectivity index (χ3v) is 5.28. The number of fused-ring (bicyclic) bond motifs is 1. The monoisotopic (exact) mass is 488 g/mol. The molecule has 2 aromatic heterocycles. The lowest BCUT2D eigenvalue weighted by Gasteiger charge is -2.26. The molecule has 1 unspecified atom stereocenters. The molecule has 6 N–H and O–H groups in total. The summed E-state index contributed by atoms with van der Waals surface area (Å²) in [5, 5.41) is 23.9. The Balaban J connectivity index is 1.68. The molecule has 1 atom stereocenters. The van der Waals surface area contributed by atoms with Gasteiger partial charge in [0.05, 0.1) is 19.9 Å². The molecule has 36 heavy (non-hydrogen) atoms. The molecule has 0 fully saturated rings. The largest absolute Gasteiger partial charge is 0.493 e. The van der Waals surface area contributed by atoms with Crippen molar-refractivity contribution in [1.29, 1.82) is 10.5 Å². The van der Waals surface area contributed by atoms with Crippen LogP contribution in [0.2, 0.25) is 0 Å². The number of esters is 1. The van der Waals surface area contributed by atoms with Gasteiger partial charge in [0, 0.05) is 5.56 Å². The highest BCUT2D eigenvalue weighted by Crippen LogP contribution is 2.42. The molecule has 13 heteroatoms. The van der Waals surface area contributed by atoms with Crippen molar-refractivity contribution in [3.05, 3.63) is 58.5 Å². The van der Waals surface area contributed by atoms with Crippen LogP contribution < -0.4 is 31.6 Å². The normalized spacial score (nSPS) is 13.8. The predicted molar refractivity (Wildman–Crippen MR) is 127 cm³/mol. The number of hydrogen-bond acceptors (Lipinski definition) is 13. The van der Waals surface area contributed by atoms with Crippen LogP contribution in [0, 0.1) is 22.8 Å². The quantitative estimate of drug-likeness (QED) is 0.223. The van der Waals surface area contributed by atoms with E-state index in [1.54, 1.807) is 30.5 Å². The second-order valence-corrected chi connectivity index (χ2v) is 7.36. The minimum atomic E-state index is -0.743. The molecule has 1 aliphatic heterocycles. The van der Waals surface area contributed by atoms with Crippen molar-refractivity contribution >= 4 is 29.3 Å². The Morgan fingerprint density at radius 1 is 1.22 bits per heavy atom. The van der Waals surface area contributed by atoms with Gasteiger partial charge in [-0.3, -0.25) is 5.32 Å². The van der Waals surface area contributed by atoms with Gasteiger partial charge in [-0.1, -0.05) is 6.07 Å². The van der Waals surface area contributed by atoms with Gasteiger partial charge in [-0.15, -0.1) is 0 Å². The number of anilines is 3. The number of carbonyl (C=O) groups excluding carboxylic acids is 1. The van der Waals surface area contributed by atoms with Crippen molar-refractivity contribution in [3.63, 3.8) is 0 Å². The Morgan fingerprint density at radius 2 is 2.03 bits per heavy atom. The molecule has 3 aromatic rings. The van der Waals surface area contributed by atoms with Crippen LogP contribution in [0.5, 0.6) is 11.5 Å². The number of aliphatic imine (C=N–C) groups is 1. The molecule has 0 bridgehead atoms. The maximum atomic E-state index is 11.6. The van der Waals surface area contributed by atoms with E-state index in [1.165, 1.54) is 20.3 Å². The lowest BCUT2D eigenvalue weighted by molar-refractivity contribution is 0.0561. The Hall–Kier alpha value is -5.43. The number of nitrogens with one attached hydrogen (secondary N) is 2. The van der Waals surface area contributed by atoms with Crippen LogP contribution in [0.3, 0.4) is 0 Å². The second-order valence-electron chi connectivity index (χ2n) is 7.36. The van der Waals surface area contributed by atoms with E-state index >= 15 is 0 Å². The van der Waals surface area contributed by atoms with Gasteiger partial charge in [0.15, 0.2) is 17.7 Å². The number of aromatic nitrogens is 1. The van der Waals surface area contributed by atoms with E-state index in [-0.39, 0.29) is 41.2 Å². The van der Waals surface area contributed by atoms with Gasteiger partial charge in [-0.05, 0) is 29.8 Å². The van der Waals surface area contributed by atoms with Gasteiger partial charge in [0.25, 0.3) is 0 Å². The molecule has 3 heterocycles. The summed E-state index contributed by atoms with van der Waals surface area (Å²) in [6.07, 6.45) is 1.80. The van der Waals surface area contributed by atoms with E-state index in [0.717, 1.165) is 0 Å². The first-order chi connectivity index (χ1) is 17.4. The number of hydrogen-bond donors (Lipinski definition) is 4. The summed E-state index contributed by atoms with van der Waals surface area (Å²) in [6, 6.07) is 9.39. The smallest absolute Gasteiger partial charge is 0.373 e. The minimum absolute atomic E-state index is 0.0267. The zero-order chi connectivity index (χ0) is 25.8. The molecule has 0 spiro atoms. The maximum absolute atomic E-state index is 11.6. The van der Waals surface area contributed by atoms with Crippen molar-refractivity contribution in [2.75, 3.05) is 31.0 Å². The summed E-state index contributed by atoms with van der Waals surface area (Å²) in [4.78, 5) is 20.3. The lowest BCUT2D eigenvalue weighted by atomic mass is 9.95. The third-order valence-electron chi connectivity index (χ3n) is 5.28. The fraction of sp³-hybridized carbons (Fsp3) is 0.174. The van der Waals surface area contributed by atoms with Gasteiger partial charge < -0.3 is 35.4 Å². The van der Waals surface area contributed by atoms with Crippen LogP contribution in [0.4, 0.5) is 17.3 Å². The van der Waals surface area contributed by atoms with Gasteiger partial charge in [0.2, 0.25) is 11.7 Å². The average molecular weight is 488 g/mol. The molecule has 0 saturated heterocycles. The van der Waals surface area contributed by atoms with Crippen LogP contribution in [-0.2, 0) is 11.3 Å². The third kappa shape index (κ3) is 4.36. The number of guanidine groups is 1. The fourth-order valence-electron chi connectivity index (χ4n) is 3.61. The first kappa shape index (κ1) is 23.7. The lowest BCUT2D eigenvalue weighted by Crippen LogP contribution is -2.32. The number of nitrogens with zero attached hydrogens (tertiary/aromatic N) is 4. The molecule has 0 aliphatic carbocycles. The Morgan fingerprint density at radius 3 is 2.72 bits per heavy atom. The van der Waals surface area contributed by atoms with Gasteiger partial charge in [-0.2, -0.15) is 10.5 Å². The van der Waals surface area contributed by atoms with Crippen molar-refractivity contribution in [2.45, 2.75) is 12.6 Å². The molecule has 1 aromatic carbocycles. The summed E-state index contributed by atoms with van der Waals surface area (Å²) in [5.41, 5.74) is 13.3. The van der Waals surface area contributed by atoms with E-state index in [4.69, 9.17) is 30.6 Å². The van der Waals surface area contributed by atoms with Gasteiger partial charge >= 0.3 is 5.97 Å². The van der Waals surface area contributed by atoms with Crippen LogP contribution in [0.15, 0.2) is 39.7 Å². The number of furan rings is 1. The highest BCUT2D eigenvalue weighted by atomic mass is 16.5. The number of rotatable bonds is 6. The van der Waals surface area contributed by atoms with E-state index in [9.17, 15) is 10.1 Å². The van der Waals surface area contributed by atoms with E-state index in [0.29, 0.717) is 28.4 Å². The Labute approximate surface area is 204 Å². The second kappa shape index (κ2) is 9.82. The number of carbonyl (C=O) groups is 1. The molecular formula is C23H20N8O5. The first-order valence-corrected chi connectivity index (χ1v) is 10.4. The zero-order valence-corrected chi connectivity index (χ0v) is 19.2. The number of nitriles is 2. The van der Waals surface area contributed by atoms with Crippen LogP contribution in [-0.4, -0.2) is 31.1 Å². The van der Waals surface area contributed by atoms with Gasteiger partial charge in [0.1, 0.15) is 41.7 Å². The predicted octanol–water partition coefficient (Wildman–Crippen LogP) is 2.03. The Kier molecular flexibility index (Phi) is 6.47. The average Bonchev–Trinajstić information content (AvgIpc) is 3.36. The van der Waals surface area contributed by atoms with E-state index in [1.807, 2.05) is 6.07 Å². The molecule has 0 saturated carbocycles. The summed E-state index contributed by atoms with van der Waals surface area (Å²) >= 11 is 0. The number of methoxy groups -OCH3 is 2. The number of pyridine rings is 1. The maximum Gasteiger partial charge on any atom is 0.373 e. The number of nitrogens with two attached hydrogens (primary N) is 2. The SMILES string of the molecule is COC(=O)c1ccc(COc2ccc(C3N=C(NC#N)Nc4nc(N)c(C#N)c(N)c43)cc2OC)o1. The molecule has 4 rings (SSSR count). The first-order valence-electron chi connectivity index (χ1n) is 10.4. The minimum Gasteiger partial charge on any atom is -0.493 e. The zero-order valence-electron chi connectivity index (χ0n) is 19.2. The summed E-state index contributed by atoms with van der Waals surface area (Å²) in [5.74, 6) is 0.993. The van der Waals surface area contributed by atoms with Gasteiger partial charge in [-0.25, -0.2) is 14.8 Å². The molecule has 182 valence electrons. The summed E-state index contributed by atoms with van der Waals surface area (Å²) in [7, 11) is 2.73.